The molecule has 0 spiro atoms. The van der Waals surface area contributed by atoms with E-state index < -0.39 is 0 Å². The van der Waals surface area contributed by atoms with Gasteiger partial charge in [-0.1, -0.05) is 44.9 Å². The standard InChI is InChI=1S/C31H32N2O/c1-18(2)13-24-17-23-16-22(21-7-5-6-8-21)10-12-25(23)29(33-24)28-15-19(3)14-27-26-11-9-20(4)32-31(26)34-30(27)28/h9-12,14-18,21H,5-8,13H2,1-4H3. The molecule has 3 heteroatoms. The molecule has 0 amide bonds. The van der Waals surface area contributed by atoms with E-state index in [9.17, 15) is 0 Å². The van der Waals surface area contributed by atoms with Crippen LogP contribution in [0.4, 0.5) is 0 Å². The molecule has 5 aromatic rings. The lowest BCUT2D eigenvalue weighted by Gasteiger charge is -2.15. The molecule has 3 heterocycles. The SMILES string of the molecule is Cc1cc(-c2nc(CC(C)C)cc3cc(C4CCCC4)ccc23)c2oc3nc(C)ccc3c2c1. The lowest BCUT2D eigenvalue weighted by Crippen LogP contribution is -2.01. The average molecular weight is 449 g/mol. The summed E-state index contributed by atoms with van der Waals surface area (Å²) in [6.45, 7) is 8.68. The third-order valence-electron chi connectivity index (χ3n) is 7.33. The van der Waals surface area contributed by atoms with E-state index in [0.29, 0.717) is 17.5 Å². The summed E-state index contributed by atoms with van der Waals surface area (Å²) in [6, 6.07) is 18.0. The number of benzene rings is 2. The van der Waals surface area contributed by atoms with E-state index in [1.807, 2.05) is 6.92 Å². The Morgan fingerprint density at radius 2 is 1.68 bits per heavy atom. The van der Waals surface area contributed by atoms with Crippen molar-refractivity contribution in [2.24, 2.45) is 5.92 Å². The number of hydrogen-bond donors (Lipinski definition) is 0. The molecule has 6 rings (SSSR count). The number of nitrogens with zero attached hydrogens (tertiary/aromatic N) is 2. The highest BCUT2D eigenvalue weighted by molar-refractivity contribution is 6.11. The molecule has 3 aromatic heterocycles. The quantitative estimate of drug-likeness (QED) is 0.276. The van der Waals surface area contributed by atoms with Crippen molar-refractivity contribution < 1.29 is 4.42 Å². The predicted octanol–water partition coefficient (Wildman–Crippen LogP) is 8.67. The summed E-state index contributed by atoms with van der Waals surface area (Å²) in [7, 11) is 0. The maximum atomic E-state index is 6.40. The van der Waals surface area contributed by atoms with E-state index in [1.54, 1.807) is 0 Å². The Morgan fingerprint density at radius 1 is 0.882 bits per heavy atom. The summed E-state index contributed by atoms with van der Waals surface area (Å²) in [4.78, 5) is 9.90. The van der Waals surface area contributed by atoms with E-state index in [4.69, 9.17) is 9.40 Å². The Hall–Kier alpha value is -3.20. The van der Waals surface area contributed by atoms with E-state index in [1.165, 1.54) is 47.6 Å². The van der Waals surface area contributed by atoms with Crippen LogP contribution in [0, 0.1) is 19.8 Å². The summed E-state index contributed by atoms with van der Waals surface area (Å²) in [6.07, 6.45) is 6.29. The van der Waals surface area contributed by atoms with Gasteiger partial charge in [0.05, 0.1) is 5.69 Å². The van der Waals surface area contributed by atoms with Gasteiger partial charge in [0, 0.05) is 33.1 Å². The summed E-state index contributed by atoms with van der Waals surface area (Å²) >= 11 is 0. The fourth-order valence-corrected chi connectivity index (χ4v) is 5.74. The van der Waals surface area contributed by atoms with Gasteiger partial charge >= 0.3 is 0 Å². The molecule has 0 atom stereocenters. The van der Waals surface area contributed by atoms with Gasteiger partial charge in [0.1, 0.15) is 5.58 Å². The third kappa shape index (κ3) is 3.68. The maximum Gasteiger partial charge on any atom is 0.227 e. The predicted molar refractivity (Wildman–Crippen MR) is 141 cm³/mol. The molecule has 1 saturated carbocycles. The Labute approximate surface area is 201 Å². The number of pyridine rings is 2. The molecule has 34 heavy (non-hydrogen) atoms. The van der Waals surface area contributed by atoms with Crippen LogP contribution in [0.1, 0.15) is 68.0 Å². The van der Waals surface area contributed by atoms with E-state index in [-0.39, 0.29) is 0 Å². The zero-order valence-electron chi connectivity index (χ0n) is 20.6. The minimum Gasteiger partial charge on any atom is -0.437 e. The van der Waals surface area contributed by atoms with Gasteiger partial charge in [0.2, 0.25) is 5.71 Å². The molecule has 0 unspecified atom stereocenters. The maximum absolute atomic E-state index is 6.40. The van der Waals surface area contributed by atoms with Crippen molar-refractivity contribution in [1.82, 2.24) is 9.97 Å². The van der Waals surface area contributed by atoms with Crippen LogP contribution in [0.15, 0.2) is 52.9 Å². The molecule has 1 aliphatic carbocycles. The first-order valence-corrected chi connectivity index (χ1v) is 12.7. The molecule has 2 aromatic carbocycles. The van der Waals surface area contributed by atoms with Gasteiger partial charge in [0.25, 0.3) is 0 Å². The normalized spacial score (nSPS) is 14.9. The van der Waals surface area contributed by atoms with E-state index in [2.05, 4.69) is 74.3 Å². The minimum absolute atomic E-state index is 0.548. The van der Waals surface area contributed by atoms with Crippen molar-refractivity contribution in [3.63, 3.8) is 0 Å². The molecule has 1 aliphatic rings. The van der Waals surface area contributed by atoms with Crippen LogP contribution >= 0.6 is 0 Å². The van der Waals surface area contributed by atoms with E-state index in [0.717, 1.165) is 45.4 Å². The van der Waals surface area contributed by atoms with Gasteiger partial charge in [0.15, 0.2) is 0 Å². The van der Waals surface area contributed by atoms with Gasteiger partial charge in [-0.3, -0.25) is 4.98 Å². The molecule has 0 bridgehead atoms. The topological polar surface area (TPSA) is 38.9 Å². The molecule has 0 radical (unpaired) electrons. The second-order valence-corrected chi connectivity index (χ2v) is 10.6. The fourth-order valence-electron chi connectivity index (χ4n) is 5.74. The Balaban J connectivity index is 1.63. The highest BCUT2D eigenvalue weighted by Crippen LogP contribution is 2.40. The van der Waals surface area contributed by atoms with Crippen molar-refractivity contribution in [2.75, 3.05) is 0 Å². The van der Waals surface area contributed by atoms with Crippen LogP contribution in [0.3, 0.4) is 0 Å². The Morgan fingerprint density at radius 3 is 2.47 bits per heavy atom. The second-order valence-electron chi connectivity index (χ2n) is 10.6. The number of hydrogen-bond acceptors (Lipinski definition) is 3. The smallest absolute Gasteiger partial charge is 0.227 e. The van der Waals surface area contributed by atoms with Gasteiger partial charge < -0.3 is 4.42 Å². The Kier molecular flexibility index (Phi) is 5.17. The fraction of sp³-hybridized carbons (Fsp3) is 0.355. The highest BCUT2D eigenvalue weighted by Gasteiger charge is 2.21. The molecule has 1 fully saturated rings. The van der Waals surface area contributed by atoms with Crippen molar-refractivity contribution in [2.45, 2.75) is 65.7 Å². The molecule has 0 aliphatic heterocycles. The molecule has 172 valence electrons. The van der Waals surface area contributed by atoms with E-state index >= 15 is 0 Å². The second kappa shape index (κ2) is 8.23. The number of furan rings is 1. The average Bonchev–Trinajstić information content (AvgIpc) is 3.45. The van der Waals surface area contributed by atoms with Crippen molar-refractivity contribution in [3.05, 3.63) is 71.0 Å². The highest BCUT2D eigenvalue weighted by atomic mass is 16.3. The number of aryl methyl sites for hydroxylation is 2. The van der Waals surface area contributed by atoms with Gasteiger partial charge in [-0.05, 0) is 91.8 Å². The molecular formula is C31H32N2O. The molecule has 0 saturated heterocycles. The van der Waals surface area contributed by atoms with Crippen LogP contribution in [0.25, 0.3) is 44.1 Å². The first-order chi connectivity index (χ1) is 16.5. The van der Waals surface area contributed by atoms with Crippen molar-refractivity contribution in [3.8, 4) is 11.3 Å². The monoisotopic (exact) mass is 448 g/mol. The van der Waals surface area contributed by atoms with Crippen LogP contribution in [0.2, 0.25) is 0 Å². The lowest BCUT2D eigenvalue weighted by molar-refractivity contribution is 0.636. The first kappa shape index (κ1) is 21.3. The summed E-state index contributed by atoms with van der Waals surface area (Å²) in [5.41, 5.74) is 8.48. The summed E-state index contributed by atoms with van der Waals surface area (Å²) in [5, 5.41) is 4.68. The van der Waals surface area contributed by atoms with Crippen LogP contribution < -0.4 is 0 Å². The van der Waals surface area contributed by atoms with Crippen LogP contribution in [-0.4, -0.2) is 9.97 Å². The van der Waals surface area contributed by atoms with Crippen LogP contribution in [-0.2, 0) is 6.42 Å². The molecular weight excluding hydrogens is 416 g/mol. The molecule has 3 nitrogen and oxygen atoms in total. The lowest BCUT2D eigenvalue weighted by atomic mass is 9.92. The van der Waals surface area contributed by atoms with Gasteiger partial charge in [-0.15, -0.1) is 0 Å². The number of fused-ring (bicyclic) bond motifs is 4. The Bertz CT molecular complexity index is 1540. The van der Waals surface area contributed by atoms with Gasteiger partial charge in [-0.2, -0.15) is 0 Å². The minimum atomic E-state index is 0.548. The van der Waals surface area contributed by atoms with Crippen LogP contribution in [0.5, 0.6) is 0 Å². The van der Waals surface area contributed by atoms with Crippen molar-refractivity contribution >= 4 is 32.8 Å². The summed E-state index contributed by atoms with van der Waals surface area (Å²) < 4.78 is 6.40. The molecule has 0 N–H and O–H groups in total. The third-order valence-corrected chi connectivity index (χ3v) is 7.33. The number of aromatic nitrogens is 2. The zero-order valence-corrected chi connectivity index (χ0v) is 20.6. The summed E-state index contributed by atoms with van der Waals surface area (Å²) in [5.74, 6) is 1.25. The number of rotatable bonds is 4. The van der Waals surface area contributed by atoms with Crippen molar-refractivity contribution in [1.29, 1.82) is 0 Å². The van der Waals surface area contributed by atoms with Gasteiger partial charge in [-0.25, -0.2) is 4.98 Å². The zero-order chi connectivity index (χ0) is 23.4. The first-order valence-electron chi connectivity index (χ1n) is 12.7. The largest absolute Gasteiger partial charge is 0.437 e.